The Morgan fingerprint density at radius 3 is 2.49 bits per heavy atom. The van der Waals surface area contributed by atoms with Gasteiger partial charge in [-0.15, -0.1) is 0 Å². The van der Waals surface area contributed by atoms with Crippen LogP contribution >= 0.6 is 11.3 Å². The summed E-state index contributed by atoms with van der Waals surface area (Å²) < 4.78 is 5.77. The van der Waals surface area contributed by atoms with Crippen molar-refractivity contribution in [2.24, 2.45) is 0 Å². The zero-order valence-electron chi connectivity index (χ0n) is 21.4. The number of amides is 1. The first-order valence-corrected chi connectivity index (χ1v) is 13.1. The van der Waals surface area contributed by atoms with Crippen LogP contribution in [0.1, 0.15) is 77.3 Å². The van der Waals surface area contributed by atoms with Gasteiger partial charge in [0.1, 0.15) is 17.6 Å². The highest BCUT2D eigenvalue weighted by atomic mass is 32.1. The molecule has 8 heteroatoms. The fraction of sp³-hybridized carbons (Fsp3) is 0.310. The van der Waals surface area contributed by atoms with E-state index in [2.05, 4.69) is 18.8 Å². The number of aliphatic hydroxyl groups excluding tert-OH is 1. The molecule has 1 amide bonds. The molecule has 2 atom stereocenters. The zero-order chi connectivity index (χ0) is 26.6. The third-order valence-electron chi connectivity index (χ3n) is 6.84. The molecule has 0 aliphatic carbocycles. The first-order valence-electron chi connectivity index (χ1n) is 12.3. The molecular formula is C29H28N2O5S. The maximum atomic E-state index is 13.5. The summed E-state index contributed by atoms with van der Waals surface area (Å²) in [5.41, 5.74) is 3.64. The lowest BCUT2D eigenvalue weighted by molar-refractivity contribution is -0.132. The van der Waals surface area contributed by atoms with E-state index < -0.39 is 17.7 Å². The minimum Gasteiger partial charge on any atom is -0.507 e. The summed E-state index contributed by atoms with van der Waals surface area (Å²) in [6.07, 6.45) is 0.720. The van der Waals surface area contributed by atoms with Crippen molar-refractivity contribution >= 4 is 39.7 Å². The van der Waals surface area contributed by atoms with Gasteiger partial charge in [0.2, 0.25) is 0 Å². The van der Waals surface area contributed by atoms with Crippen LogP contribution in [-0.4, -0.2) is 33.7 Å². The SMILES string of the molecule is CC(=O)c1sc(N2C(=O)C(=O)/C(=C(/O)c3ccc4c(c3)C[C@H](C)O4)[C@@H]2c2ccc(C(C)C)cc2)nc1C. The van der Waals surface area contributed by atoms with E-state index in [1.54, 1.807) is 19.1 Å². The number of thiazole rings is 1. The minimum atomic E-state index is -0.894. The summed E-state index contributed by atoms with van der Waals surface area (Å²) in [5, 5.41) is 11.7. The Hall–Kier alpha value is -3.78. The Morgan fingerprint density at radius 2 is 1.86 bits per heavy atom. The Balaban J connectivity index is 1.69. The van der Waals surface area contributed by atoms with Gasteiger partial charge in [-0.05, 0) is 54.7 Å². The van der Waals surface area contributed by atoms with E-state index in [0.717, 1.165) is 28.2 Å². The summed E-state index contributed by atoms with van der Waals surface area (Å²) in [7, 11) is 0. The quantitative estimate of drug-likeness (QED) is 0.201. The summed E-state index contributed by atoms with van der Waals surface area (Å²) in [4.78, 5) is 45.2. The van der Waals surface area contributed by atoms with Crippen molar-refractivity contribution < 1.29 is 24.2 Å². The molecule has 0 spiro atoms. The monoisotopic (exact) mass is 516 g/mol. The number of aryl methyl sites for hydroxylation is 1. The van der Waals surface area contributed by atoms with Crippen molar-refractivity contribution in [3.63, 3.8) is 0 Å². The van der Waals surface area contributed by atoms with Gasteiger partial charge in [-0.3, -0.25) is 19.3 Å². The lowest BCUT2D eigenvalue weighted by Crippen LogP contribution is -2.29. The molecular weight excluding hydrogens is 488 g/mol. The summed E-state index contributed by atoms with van der Waals surface area (Å²) >= 11 is 1.07. The van der Waals surface area contributed by atoms with Gasteiger partial charge in [-0.2, -0.15) is 0 Å². The largest absolute Gasteiger partial charge is 0.507 e. The number of anilines is 1. The normalized spacial score (nSPS) is 20.4. The number of aromatic nitrogens is 1. The average molecular weight is 517 g/mol. The smallest absolute Gasteiger partial charge is 0.301 e. The predicted octanol–water partition coefficient (Wildman–Crippen LogP) is 5.73. The fourth-order valence-electron chi connectivity index (χ4n) is 4.95. The second-order valence-electron chi connectivity index (χ2n) is 9.91. The van der Waals surface area contributed by atoms with E-state index in [-0.39, 0.29) is 28.4 Å². The second kappa shape index (κ2) is 9.27. The molecule has 3 aromatic rings. The summed E-state index contributed by atoms with van der Waals surface area (Å²) in [5.74, 6) is -0.942. The molecule has 7 nitrogen and oxygen atoms in total. The van der Waals surface area contributed by atoms with Crippen LogP contribution in [-0.2, 0) is 16.0 Å². The number of carbonyl (C=O) groups is 3. The molecule has 5 rings (SSSR count). The van der Waals surface area contributed by atoms with E-state index in [1.807, 2.05) is 37.3 Å². The number of carbonyl (C=O) groups excluding carboxylic acids is 3. The molecule has 1 aromatic heterocycles. The lowest BCUT2D eigenvalue weighted by atomic mass is 9.93. The van der Waals surface area contributed by atoms with Gasteiger partial charge in [0.15, 0.2) is 10.9 Å². The molecule has 1 saturated heterocycles. The molecule has 3 heterocycles. The number of benzene rings is 2. The van der Waals surface area contributed by atoms with E-state index in [9.17, 15) is 19.5 Å². The molecule has 0 radical (unpaired) electrons. The molecule has 0 unspecified atom stereocenters. The summed E-state index contributed by atoms with van der Waals surface area (Å²) in [6.45, 7) is 9.28. The molecule has 0 bridgehead atoms. The van der Waals surface area contributed by atoms with Gasteiger partial charge in [-0.25, -0.2) is 4.98 Å². The molecule has 37 heavy (non-hydrogen) atoms. The van der Waals surface area contributed by atoms with Crippen molar-refractivity contribution in [1.29, 1.82) is 0 Å². The Labute approximate surface area is 219 Å². The lowest BCUT2D eigenvalue weighted by Gasteiger charge is -2.23. The zero-order valence-corrected chi connectivity index (χ0v) is 22.2. The molecule has 2 aliphatic rings. The van der Waals surface area contributed by atoms with Gasteiger partial charge in [0.05, 0.1) is 22.2 Å². The van der Waals surface area contributed by atoms with Crippen LogP contribution in [0.25, 0.3) is 5.76 Å². The number of ketones is 2. The van der Waals surface area contributed by atoms with E-state index in [0.29, 0.717) is 34.0 Å². The molecule has 1 fully saturated rings. The molecule has 1 N–H and O–H groups in total. The van der Waals surface area contributed by atoms with Crippen LogP contribution in [0.3, 0.4) is 0 Å². The number of nitrogens with zero attached hydrogens (tertiary/aromatic N) is 2. The Bertz CT molecular complexity index is 1470. The highest BCUT2D eigenvalue weighted by Gasteiger charge is 2.48. The van der Waals surface area contributed by atoms with Gasteiger partial charge >= 0.3 is 5.91 Å². The van der Waals surface area contributed by atoms with Gasteiger partial charge in [0, 0.05) is 18.9 Å². The molecule has 190 valence electrons. The van der Waals surface area contributed by atoms with Crippen molar-refractivity contribution in [2.45, 2.75) is 59.1 Å². The number of ether oxygens (including phenoxy) is 1. The number of fused-ring (bicyclic) bond motifs is 1. The molecule has 0 saturated carbocycles. The highest BCUT2D eigenvalue weighted by molar-refractivity contribution is 7.18. The van der Waals surface area contributed by atoms with E-state index >= 15 is 0 Å². The van der Waals surface area contributed by atoms with Crippen LogP contribution < -0.4 is 9.64 Å². The van der Waals surface area contributed by atoms with Gasteiger partial charge in [0.25, 0.3) is 5.78 Å². The van der Waals surface area contributed by atoms with Gasteiger partial charge in [-0.1, -0.05) is 49.4 Å². The van der Waals surface area contributed by atoms with Crippen LogP contribution in [0.4, 0.5) is 5.13 Å². The maximum absolute atomic E-state index is 13.5. The molecule has 2 aromatic carbocycles. The number of rotatable bonds is 5. The number of hydrogen-bond donors (Lipinski definition) is 1. The topological polar surface area (TPSA) is 96.8 Å². The third kappa shape index (κ3) is 4.25. The van der Waals surface area contributed by atoms with E-state index in [1.165, 1.54) is 11.8 Å². The van der Waals surface area contributed by atoms with Crippen LogP contribution in [0, 0.1) is 6.92 Å². The van der Waals surface area contributed by atoms with Crippen molar-refractivity contribution in [3.8, 4) is 5.75 Å². The number of aliphatic hydroxyl groups is 1. The first-order chi connectivity index (χ1) is 17.6. The van der Waals surface area contributed by atoms with Crippen LogP contribution in [0.2, 0.25) is 0 Å². The predicted molar refractivity (Wildman–Crippen MR) is 142 cm³/mol. The third-order valence-corrected chi connectivity index (χ3v) is 8.10. The van der Waals surface area contributed by atoms with Crippen molar-refractivity contribution in [3.05, 3.63) is 80.9 Å². The van der Waals surface area contributed by atoms with Crippen molar-refractivity contribution in [2.75, 3.05) is 4.90 Å². The van der Waals surface area contributed by atoms with Crippen LogP contribution in [0.5, 0.6) is 5.75 Å². The number of hydrogen-bond acceptors (Lipinski definition) is 7. The minimum absolute atomic E-state index is 0.00793. The summed E-state index contributed by atoms with van der Waals surface area (Å²) in [6, 6.07) is 12.1. The Morgan fingerprint density at radius 1 is 1.16 bits per heavy atom. The maximum Gasteiger partial charge on any atom is 0.301 e. The van der Waals surface area contributed by atoms with Crippen molar-refractivity contribution in [1.82, 2.24) is 4.98 Å². The standard InChI is InChI=1S/C29H28N2O5S/c1-14(2)18-6-8-19(9-7-18)24-23(25(33)20-10-11-22-21(13-20)12-15(3)36-22)26(34)28(35)31(24)29-30-16(4)27(37-29)17(5)32/h6-11,13-15,24,33H,12H2,1-5H3/b25-23+/t15-,24-/m0/s1. The molecule has 2 aliphatic heterocycles. The second-order valence-corrected chi connectivity index (χ2v) is 10.9. The van der Waals surface area contributed by atoms with E-state index in [4.69, 9.17) is 4.74 Å². The van der Waals surface area contributed by atoms with Crippen LogP contribution in [0.15, 0.2) is 48.0 Å². The average Bonchev–Trinajstić information content (AvgIpc) is 3.50. The fourth-order valence-corrected chi connectivity index (χ4v) is 5.93. The van der Waals surface area contributed by atoms with Gasteiger partial charge < -0.3 is 9.84 Å². The highest BCUT2D eigenvalue weighted by Crippen LogP contribution is 2.44. The first kappa shape index (κ1) is 24.9. The Kier molecular flexibility index (Phi) is 6.23. The number of Topliss-reactive ketones (excluding diaryl/α,β-unsaturated/α-hetero) is 2.